The van der Waals surface area contributed by atoms with Crippen molar-refractivity contribution in [1.82, 2.24) is 4.90 Å². The van der Waals surface area contributed by atoms with E-state index in [-0.39, 0.29) is 21.5 Å². The maximum atomic E-state index is 13.1. The van der Waals surface area contributed by atoms with Gasteiger partial charge in [-0.3, -0.25) is 0 Å². The van der Waals surface area contributed by atoms with E-state index >= 15 is 0 Å². The van der Waals surface area contributed by atoms with Gasteiger partial charge in [0.2, 0.25) is 0 Å². The summed E-state index contributed by atoms with van der Waals surface area (Å²) in [7, 11) is 3.39. The highest BCUT2D eigenvalue weighted by molar-refractivity contribution is 7.80. The van der Waals surface area contributed by atoms with E-state index < -0.39 is 5.82 Å². The number of hydrogen-bond acceptors (Lipinski definition) is 3. The quantitative estimate of drug-likeness (QED) is 0.726. The molecule has 0 saturated carbocycles. The predicted molar refractivity (Wildman–Crippen MR) is 63.0 cm³/mol. The molecule has 0 atom stereocenters. The van der Waals surface area contributed by atoms with Crippen LogP contribution in [-0.4, -0.2) is 24.2 Å². The smallest absolute Gasteiger partial charge is 0.264 e. The molecule has 0 saturated heterocycles. The average molecular weight is 259 g/mol. The topological polar surface area (TPSA) is 36.3 Å². The maximum absolute atomic E-state index is 13.1. The summed E-state index contributed by atoms with van der Waals surface area (Å²) in [6.07, 6.45) is 0. The molecule has 84 valence electrons. The Morgan fingerprint density at radius 2 is 2.19 bits per heavy atom. The van der Waals surface area contributed by atoms with Crippen molar-refractivity contribution in [1.29, 1.82) is 5.26 Å². The van der Waals surface area contributed by atoms with E-state index in [2.05, 4.69) is 0 Å². The molecule has 0 spiro atoms. The number of nitriles is 1. The lowest BCUT2D eigenvalue weighted by atomic mass is 10.2. The summed E-state index contributed by atoms with van der Waals surface area (Å²) < 4.78 is 18.3. The van der Waals surface area contributed by atoms with Gasteiger partial charge in [-0.1, -0.05) is 11.6 Å². The van der Waals surface area contributed by atoms with Crippen LogP contribution in [0.4, 0.5) is 4.39 Å². The summed E-state index contributed by atoms with van der Waals surface area (Å²) in [6, 6.07) is 4.04. The summed E-state index contributed by atoms with van der Waals surface area (Å²) in [5.74, 6) is -0.520. The molecule has 0 fully saturated rings. The van der Waals surface area contributed by atoms with Gasteiger partial charge < -0.3 is 9.64 Å². The molecule has 1 aromatic rings. The number of halogens is 2. The van der Waals surface area contributed by atoms with Crippen molar-refractivity contribution in [3.8, 4) is 11.8 Å². The highest BCUT2D eigenvalue weighted by atomic mass is 35.5. The molecular weight excluding hydrogens is 251 g/mol. The monoisotopic (exact) mass is 258 g/mol. The highest BCUT2D eigenvalue weighted by Crippen LogP contribution is 2.26. The van der Waals surface area contributed by atoms with E-state index in [1.165, 1.54) is 6.07 Å². The number of benzene rings is 1. The van der Waals surface area contributed by atoms with Gasteiger partial charge in [-0.05, 0) is 18.3 Å². The highest BCUT2D eigenvalue weighted by Gasteiger charge is 2.12. The summed E-state index contributed by atoms with van der Waals surface area (Å²) in [6.45, 7) is 0. The number of rotatable bonds is 1. The number of ether oxygens (including phenoxy) is 1. The van der Waals surface area contributed by atoms with Crippen molar-refractivity contribution in [2.75, 3.05) is 14.1 Å². The summed E-state index contributed by atoms with van der Waals surface area (Å²) in [5.41, 5.74) is 0.0473. The Balaban J connectivity index is 3.09. The third-order valence-electron chi connectivity index (χ3n) is 1.71. The van der Waals surface area contributed by atoms with Gasteiger partial charge in [-0.15, -0.1) is 0 Å². The van der Waals surface area contributed by atoms with E-state index in [1.54, 1.807) is 25.1 Å². The lowest BCUT2D eigenvalue weighted by Crippen LogP contribution is -2.25. The molecule has 16 heavy (non-hydrogen) atoms. The Hall–Kier alpha value is -1.38. The molecule has 0 bridgehead atoms. The Morgan fingerprint density at radius 3 is 2.69 bits per heavy atom. The largest absolute Gasteiger partial charge is 0.430 e. The Morgan fingerprint density at radius 1 is 1.56 bits per heavy atom. The van der Waals surface area contributed by atoms with Crippen molar-refractivity contribution in [3.05, 3.63) is 28.5 Å². The molecule has 0 heterocycles. The van der Waals surface area contributed by atoms with Gasteiger partial charge >= 0.3 is 0 Å². The zero-order chi connectivity index (χ0) is 12.3. The van der Waals surface area contributed by atoms with E-state index in [0.29, 0.717) is 0 Å². The van der Waals surface area contributed by atoms with Gasteiger partial charge in [0, 0.05) is 20.2 Å². The summed E-state index contributed by atoms with van der Waals surface area (Å²) in [4.78, 5) is 1.55. The van der Waals surface area contributed by atoms with Crippen molar-refractivity contribution >= 4 is 29.0 Å². The van der Waals surface area contributed by atoms with Crippen LogP contribution in [0.15, 0.2) is 12.1 Å². The third kappa shape index (κ3) is 2.81. The first kappa shape index (κ1) is 12.7. The van der Waals surface area contributed by atoms with Crippen LogP contribution in [0.25, 0.3) is 0 Å². The molecule has 0 aliphatic rings. The molecule has 6 heteroatoms. The van der Waals surface area contributed by atoms with Crippen molar-refractivity contribution in [2.45, 2.75) is 0 Å². The van der Waals surface area contributed by atoms with Gasteiger partial charge in [0.1, 0.15) is 17.6 Å². The first-order valence-electron chi connectivity index (χ1n) is 4.24. The Bertz CT molecular complexity index is 471. The van der Waals surface area contributed by atoms with Gasteiger partial charge in [-0.25, -0.2) is 4.39 Å². The lowest BCUT2D eigenvalue weighted by molar-refractivity contribution is 0.447. The Labute approximate surface area is 103 Å². The molecule has 1 rings (SSSR count). The Kier molecular flexibility index (Phi) is 4.05. The van der Waals surface area contributed by atoms with Gasteiger partial charge in [0.15, 0.2) is 0 Å². The molecule has 1 aromatic carbocycles. The van der Waals surface area contributed by atoms with Crippen LogP contribution in [0.3, 0.4) is 0 Å². The first-order chi connectivity index (χ1) is 7.45. The van der Waals surface area contributed by atoms with Crippen molar-refractivity contribution < 1.29 is 9.13 Å². The minimum absolute atomic E-state index is 0.0473. The molecule has 0 N–H and O–H groups in total. The second-order valence-electron chi connectivity index (χ2n) is 3.14. The lowest BCUT2D eigenvalue weighted by Gasteiger charge is -2.15. The van der Waals surface area contributed by atoms with E-state index in [4.69, 9.17) is 33.8 Å². The van der Waals surface area contributed by atoms with Crippen LogP contribution in [0.1, 0.15) is 5.56 Å². The first-order valence-corrected chi connectivity index (χ1v) is 5.02. The molecule has 0 aliphatic carbocycles. The minimum atomic E-state index is -0.665. The second-order valence-corrected chi connectivity index (χ2v) is 3.89. The number of hydrogen-bond donors (Lipinski definition) is 0. The molecular formula is C10H8ClFN2OS. The number of nitrogens with zero attached hydrogens (tertiary/aromatic N) is 2. The zero-order valence-corrected chi connectivity index (χ0v) is 10.2. The van der Waals surface area contributed by atoms with Crippen LogP contribution < -0.4 is 4.74 Å². The third-order valence-corrected chi connectivity index (χ3v) is 2.44. The molecule has 3 nitrogen and oxygen atoms in total. The molecule has 0 amide bonds. The van der Waals surface area contributed by atoms with Crippen molar-refractivity contribution in [2.24, 2.45) is 0 Å². The van der Waals surface area contributed by atoms with Crippen LogP contribution in [0.5, 0.6) is 5.75 Å². The SMILES string of the molecule is CN(C)C(=S)Oc1cc(Cl)c(F)cc1C#N. The molecule has 0 unspecified atom stereocenters. The van der Waals surface area contributed by atoms with E-state index in [0.717, 1.165) is 6.07 Å². The van der Waals surface area contributed by atoms with Crippen molar-refractivity contribution in [3.63, 3.8) is 0 Å². The van der Waals surface area contributed by atoms with E-state index in [9.17, 15) is 4.39 Å². The molecule has 0 radical (unpaired) electrons. The predicted octanol–water partition coefficient (Wildman–Crippen LogP) is 2.58. The van der Waals surface area contributed by atoms with Gasteiger partial charge in [0.25, 0.3) is 5.17 Å². The zero-order valence-electron chi connectivity index (χ0n) is 8.62. The van der Waals surface area contributed by atoms with E-state index in [1.807, 2.05) is 0 Å². The van der Waals surface area contributed by atoms with Gasteiger partial charge in [-0.2, -0.15) is 5.26 Å². The number of thiocarbonyl (C=S) groups is 1. The maximum Gasteiger partial charge on any atom is 0.264 e. The van der Waals surface area contributed by atoms with Crippen LogP contribution in [0.2, 0.25) is 5.02 Å². The fraction of sp³-hybridized carbons (Fsp3) is 0.200. The summed E-state index contributed by atoms with van der Waals surface area (Å²) >= 11 is 10.5. The fourth-order valence-electron chi connectivity index (χ4n) is 0.886. The average Bonchev–Trinajstić information content (AvgIpc) is 2.22. The molecule has 0 aliphatic heterocycles. The second kappa shape index (κ2) is 5.10. The normalized spacial score (nSPS) is 9.44. The van der Waals surface area contributed by atoms with Crippen LogP contribution >= 0.6 is 23.8 Å². The minimum Gasteiger partial charge on any atom is -0.430 e. The van der Waals surface area contributed by atoms with Crippen LogP contribution in [0, 0.1) is 17.1 Å². The van der Waals surface area contributed by atoms with Crippen LogP contribution in [-0.2, 0) is 0 Å². The van der Waals surface area contributed by atoms with Gasteiger partial charge in [0.05, 0.1) is 10.6 Å². The fourth-order valence-corrected chi connectivity index (χ4v) is 1.13. The molecule has 0 aromatic heterocycles. The summed E-state index contributed by atoms with van der Waals surface area (Å²) in [5, 5.41) is 8.84. The standard InChI is InChI=1S/C10H8ClFN2OS/c1-14(2)10(16)15-9-4-7(11)8(12)3-6(9)5-13/h3-4H,1-2H3.